The van der Waals surface area contributed by atoms with Crippen LogP contribution in [0.4, 0.5) is 0 Å². The van der Waals surface area contributed by atoms with Gasteiger partial charge in [-0.3, -0.25) is 0 Å². The van der Waals surface area contributed by atoms with Crippen molar-refractivity contribution in [3.05, 3.63) is 127 Å². The van der Waals surface area contributed by atoms with Crippen molar-refractivity contribution in [3.63, 3.8) is 0 Å². The Kier molecular flexibility index (Phi) is 5.30. The van der Waals surface area contributed by atoms with Gasteiger partial charge in [0.25, 0.3) is 0 Å². The molecule has 0 unspecified atom stereocenters. The lowest BCUT2D eigenvalue weighted by Crippen LogP contribution is -2.24. The van der Waals surface area contributed by atoms with Crippen LogP contribution in [0.2, 0.25) is 0 Å². The van der Waals surface area contributed by atoms with Gasteiger partial charge in [0.2, 0.25) is 0 Å². The average molecular weight is 477 g/mol. The first-order chi connectivity index (χ1) is 16.7. The maximum Gasteiger partial charge on any atom is 0.170 e. The molecular weight excluding hydrogens is 455 g/mol. The van der Waals surface area contributed by atoms with Crippen molar-refractivity contribution >= 4 is 33.8 Å². The lowest BCUT2D eigenvalue weighted by Gasteiger charge is -2.25. The second-order valence-corrected chi connectivity index (χ2v) is 12.6. The molecule has 0 amide bonds. The molecule has 1 aliphatic rings. The molecule has 0 bridgehead atoms. The summed E-state index contributed by atoms with van der Waals surface area (Å²) in [5.74, 6) is 2.89. The summed E-state index contributed by atoms with van der Waals surface area (Å²) >= 11 is 6.52. The van der Waals surface area contributed by atoms with Crippen LogP contribution >= 0.6 is 6.04 Å². The summed E-state index contributed by atoms with van der Waals surface area (Å²) in [6.45, 7) is 0. The number of rotatable bonds is 4. The lowest BCUT2D eigenvalue weighted by atomic mass is 10.0. The molecule has 1 heterocycles. The Morgan fingerprint density at radius 3 is 1.56 bits per heavy atom. The van der Waals surface area contributed by atoms with E-state index < -0.39 is 6.04 Å². The maximum atomic E-state index is 6.52. The molecule has 0 spiro atoms. The molecule has 5 aromatic rings. The van der Waals surface area contributed by atoms with Gasteiger partial charge in [0.15, 0.2) is 23.0 Å². The van der Waals surface area contributed by atoms with Crippen LogP contribution in [0.3, 0.4) is 0 Å². The topological polar surface area (TPSA) is 18.5 Å². The smallest absolute Gasteiger partial charge is 0.170 e. The van der Waals surface area contributed by atoms with Gasteiger partial charge in [0.1, 0.15) is 0 Å². The second-order valence-electron chi connectivity index (χ2n) is 8.14. The van der Waals surface area contributed by atoms with Gasteiger partial charge in [-0.1, -0.05) is 109 Å². The van der Waals surface area contributed by atoms with Crippen molar-refractivity contribution in [2.75, 3.05) is 0 Å². The van der Waals surface area contributed by atoms with Crippen molar-refractivity contribution in [1.82, 2.24) is 0 Å². The van der Waals surface area contributed by atoms with Gasteiger partial charge in [0.05, 0.1) is 0 Å². The third-order valence-corrected chi connectivity index (χ3v) is 11.0. The molecule has 34 heavy (non-hydrogen) atoms. The fourth-order valence-corrected chi connectivity index (χ4v) is 8.08. The van der Waals surface area contributed by atoms with Gasteiger partial charge in [0, 0.05) is 6.04 Å². The predicted molar refractivity (Wildman–Crippen MR) is 145 cm³/mol. The number of hydrogen-bond acceptors (Lipinski definition) is 3. The number of fused-ring (bicyclic) bond motifs is 2. The minimum absolute atomic E-state index is 0.715. The largest absolute Gasteiger partial charge is 0.450 e. The van der Waals surface area contributed by atoms with Crippen molar-refractivity contribution in [2.24, 2.45) is 0 Å². The minimum Gasteiger partial charge on any atom is -0.450 e. The molecule has 0 aliphatic carbocycles. The van der Waals surface area contributed by atoms with E-state index in [0.29, 0.717) is 5.75 Å². The Balaban J connectivity index is 1.44. The molecule has 0 aromatic heterocycles. The monoisotopic (exact) mass is 476 g/mol. The van der Waals surface area contributed by atoms with E-state index in [1.807, 2.05) is 48.5 Å². The Morgan fingerprint density at radius 1 is 0.412 bits per heavy atom. The van der Waals surface area contributed by atoms with Gasteiger partial charge < -0.3 is 9.47 Å². The number of hydrogen-bond donors (Lipinski definition) is 0. The number of benzene rings is 5. The SMILES string of the molecule is S=P(c1ccccc1)(c1ccccc1)c1cccc(-c2ccc3c(c2)Oc2ccccc2O3)c1. The Hall–Kier alpha value is -3.65. The standard InChI is InChI=1S/C30H21O2PS/c34-33(24-11-3-1-4-12-24,25-13-5-2-6-14-25)26-15-9-10-22(20-26)23-18-19-29-30(21-23)32-28-17-8-7-16-27(28)31-29/h1-21H. The molecule has 0 atom stereocenters. The first-order valence-corrected chi connectivity index (χ1v) is 13.9. The highest BCUT2D eigenvalue weighted by molar-refractivity contribution is 8.25. The second kappa shape index (κ2) is 8.61. The van der Waals surface area contributed by atoms with Crippen molar-refractivity contribution < 1.29 is 9.47 Å². The summed E-state index contributed by atoms with van der Waals surface area (Å²) in [4.78, 5) is 0. The Labute approximate surface area is 204 Å². The summed E-state index contributed by atoms with van der Waals surface area (Å²) < 4.78 is 12.2. The molecule has 0 saturated carbocycles. The van der Waals surface area contributed by atoms with Gasteiger partial charge in [-0.15, -0.1) is 0 Å². The van der Waals surface area contributed by atoms with Crippen molar-refractivity contribution in [1.29, 1.82) is 0 Å². The highest BCUT2D eigenvalue weighted by Crippen LogP contribution is 2.47. The molecule has 4 heteroatoms. The van der Waals surface area contributed by atoms with Gasteiger partial charge >= 0.3 is 0 Å². The van der Waals surface area contributed by atoms with Crippen molar-refractivity contribution in [3.8, 4) is 34.1 Å². The third-order valence-electron chi connectivity index (χ3n) is 6.02. The zero-order chi connectivity index (χ0) is 23.0. The van der Waals surface area contributed by atoms with Crippen LogP contribution in [0.5, 0.6) is 23.0 Å². The summed E-state index contributed by atoms with van der Waals surface area (Å²) in [6.07, 6.45) is 0. The van der Waals surface area contributed by atoms with E-state index in [-0.39, 0.29) is 0 Å². The highest BCUT2D eigenvalue weighted by Gasteiger charge is 2.25. The van der Waals surface area contributed by atoms with E-state index in [1.165, 1.54) is 10.6 Å². The van der Waals surface area contributed by atoms with Gasteiger partial charge in [-0.2, -0.15) is 0 Å². The summed E-state index contributed by atoms with van der Waals surface area (Å²) in [5.41, 5.74) is 2.16. The predicted octanol–water partition coefficient (Wildman–Crippen LogP) is 7.01. The molecule has 0 saturated heterocycles. The summed E-state index contributed by atoms with van der Waals surface area (Å²) in [7, 11) is 0. The van der Waals surface area contributed by atoms with Crippen LogP contribution < -0.4 is 25.4 Å². The number of ether oxygens (including phenoxy) is 2. The first kappa shape index (κ1) is 20.9. The van der Waals surface area contributed by atoms with Crippen LogP contribution in [-0.2, 0) is 11.8 Å². The van der Waals surface area contributed by atoms with E-state index >= 15 is 0 Å². The van der Waals surface area contributed by atoms with E-state index in [4.69, 9.17) is 21.3 Å². The average Bonchev–Trinajstić information content (AvgIpc) is 2.92. The van der Waals surface area contributed by atoms with Crippen LogP contribution in [-0.4, -0.2) is 0 Å². The van der Waals surface area contributed by atoms with Crippen LogP contribution in [0.1, 0.15) is 0 Å². The molecule has 2 nitrogen and oxygen atoms in total. The molecule has 6 rings (SSSR count). The highest BCUT2D eigenvalue weighted by atomic mass is 32.4. The quantitative estimate of drug-likeness (QED) is 0.255. The molecule has 0 N–H and O–H groups in total. The van der Waals surface area contributed by atoms with E-state index in [9.17, 15) is 0 Å². The molecule has 0 fully saturated rings. The van der Waals surface area contributed by atoms with Crippen LogP contribution in [0, 0.1) is 0 Å². The van der Waals surface area contributed by atoms with E-state index in [1.54, 1.807) is 0 Å². The Morgan fingerprint density at radius 2 is 0.912 bits per heavy atom. The number of para-hydroxylation sites is 2. The molecular formula is C30H21O2PS. The van der Waals surface area contributed by atoms with Gasteiger partial charge in [-0.25, -0.2) is 0 Å². The van der Waals surface area contributed by atoms with E-state index in [0.717, 1.165) is 33.7 Å². The lowest BCUT2D eigenvalue weighted by molar-refractivity contribution is 0.360. The normalized spacial score (nSPS) is 12.1. The fourth-order valence-electron chi connectivity index (χ4n) is 4.31. The molecule has 0 radical (unpaired) electrons. The van der Waals surface area contributed by atoms with Crippen LogP contribution in [0.25, 0.3) is 11.1 Å². The minimum atomic E-state index is -2.21. The maximum absolute atomic E-state index is 6.52. The third kappa shape index (κ3) is 3.64. The van der Waals surface area contributed by atoms with E-state index in [2.05, 4.69) is 78.9 Å². The first-order valence-electron chi connectivity index (χ1n) is 11.1. The molecule has 5 aromatic carbocycles. The summed E-state index contributed by atoms with van der Waals surface area (Å²) in [6, 6.07) is 41.2. The fraction of sp³-hybridized carbons (Fsp3) is 0. The zero-order valence-corrected chi connectivity index (χ0v) is 20.0. The molecule has 1 aliphatic heterocycles. The molecule has 164 valence electrons. The van der Waals surface area contributed by atoms with Gasteiger partial charge in [-0.05, 0) is 57.4 Å². The van der Waals surface area contributed by atoms with Crippen molar-refractivity contribution in [2.45, 2.75) is 0 Å². The van der Waals surface area contributed by atoms with Crippen LogP contribution in [0.15, 0.2) is 127 Å². The summed E-state index contributed by atoms with van der Waals surface area (Å²) in [5, 5.41) is 3.54. The Bertz CT molecular complexity index is 1490. The zero-order valence-electron chi connectivity index (χ0n) is 18.3.